The number of nitrogens with zero attached hydrogens (tertiary/aromatic N) is 2. The van der Waals surface area contributed by atoms with Crippen LogP contribution in [0.25, 0.3) is 0 Å². The molecule has 16 heavy (non-hydrogen) atoms. The number of aliphatic imine (C=N–C) groups is 1. The van der Waals surface area contributed by atoms with Gasteiger partial charge in [-0.25, -0.2) is 4.99 Å². The highest BCUT2D eigenvalue weighted by Crippen LogP contribution is 2.15. The Hall–Kier alpha value is -1.71. The number of ether oxygens (including phenoxy) is 1. The summed E-state index contributed by atoms with van der Waals surface area (Å²) in [5.41, 5.74) is 7.93. The Balaban J connectivity index is 2.00. The Kier molecular flexibility index (Phi) is 2.99. The number of anilines is 1. The molecular weight excluding hydrogens is 202 g/mol. The molecule has 0 radical (unpaired) electrons. The van der Waals surface area contributed by atoms with Gasteiger partial charge in [-0.05, 0) is 24.6 Å². The fourth-order valence-electron chi connectivity index (χ4n) is 1.82. The van der Waals surface area contributed by atoms with Crippen LogP contribution in [0.15, 0.2) is 29.3 Å². The first-order chi connectivity index (χ1) is 7.65. The van der Waals surface area contributed by atoms with Crippen LogP contribution in [-0.4, -0.2) is 32.3 Å². The Labute approximate surface area is 95.7 Å². The average Bonchev–Trinajstić information content (AvgIpc) is 2.64. The van der Waals surface area contributed by atoms with Gasteiger partial charge in [-0.2, -0.15) is 0 Å². The standard InChI is InChI=1S/C12H17N3O/c1-9-4-3-5-11(6-9)15(2)7-10-8-16-12(13)14-10/h3-6,10H,7-8H2,1-2H3,(H2,13,14)/t10-/m0/s1. The SMILES string of the molecule is Cc1cccc(N(C)C[C@H]2COC(N)=N2)c1. The van der Waals surface area contributed by atoms with E-state index in [0.29, 0.717) is 12.6 Å². The monoisotopic (exact) mass is 219 g/mol. The lowest BCUT2D eigenvalue weighted by molar-refractivity contribution is 0.314. The molecule has 0 unspecified atom stereocenters. The maximum Gasteiger partial charge on any atom is 0.282 e. The maximum absolute atomic E-state index is 5.47. The van der Waals surface area contributed by atoms with Gasteiger partial charge in [-0.1, -0.05) is 12.1 Å². The largest absolute Gasteiger partial charge is 0.463 e. The van der Waals surface area contributed by atoms with Crippen molar-refractivity contribution in [2.45, 2.75) is 13.0 Å². The molecule has 0 saturated carbocycles. The lowest BCUT2D eigenvalue weighted by Gasteiger charge is -2.21. The molecule has 0 fully saturated rings. The lowest BCUT2D eigenvalue weighted by atomic mass is 10.2. The molecule has 0 bridgehead atoms. The van der Waals surface area contributed by atoms with E-state index < -0.39 is 0 Å². The van der Waals surface area contributed by atoms with E-state index in [4.69, 9.17) is 10.5 Å². The molecule has 0 aliphatic carbocycles. The number of nitrogens with two attached hydrogens (primary N) is 1. The molecular formula is C12H17N3O. The number of rotatable bonds is 3. The number of hydrogen-bond donors (Lipinski definition) is 1. The topological polar surface area (TPSA) is 50.9 Å². The molecule has 1 aliphatic heterocycles. The molecule has 0 aromatic heterocycles. The molecule has 86 valence electrons. The minimum absolute atomic E-state index is 0.144. The van der Waals surface area contributed by atoms with Gasteiger partial charge in [0.1, 0.15) is 12.6 Å². The third-order valence-electron chi connectivity index (χ3n) is 2.66. The van der Waals surface area contributed by atoms with Crippen molar-refractivity contribution in [3.63, 3.8) is 0 Å². The van der Waals surface area contributed by atoms with E-state index in [1.54, 1.807) is 0 Å². The van der Waals surface area contributed by atoms with Gasteiger partial charge in [0.15, 0.2) is 0 Å². The van der Waals surface area contributed by atoms with Crippen LogP contribution in [0.4, 0.5) is 5.69 Å². The Morgan fingerprint density at radius 2 is 2.38 bits per heavy atom. The van der Waals surface area contributed by atoms with Crippen molar-refractivity contribution in [2.75, 3.05) is 25.1 Å². The summed E-state index contributed by atoms with van der Waals surface area (Å²) in [5.74, 6) is 0. The minimum Gasteiger partial charge on any atom is -0.463 e. The minimum atomic E-state index is 0.144. The summed E-state index contributed by atoms with van der Waals surface area (Å²) in [6.07, 6.45) is 0. The summed E-state index contributed by atoms with van der Waals surface area (Å²) in [4.78, 5) is 6.38. The zero-order valence-corrected chi connectivity index (χ0v) is 9.68. The van der Waals surface area contributed by atoms with Crippen LogP contribution in [0.1, 0.15) is 5.56 Å². The first kappa shape index (κ1) is 10.8. The fraction of sp³-hybridized carbons (Fsp3) is 0.417. The first-order valence-corrected chi connectivity index (χ1v) is 5.39. The Morgan fingerprint density at radius 1 is 1.56 bits per heavy atom. The molecule has 4 heteroatoms. The van der Waals surface area contributed by atoms with Crippen molar-refractivity contribution in [3.05, 3.63) is 29.8 Å². The quantitative estimate of drug-likeness (QED) is 0.829. The maximum atomic E-state index is 5.47. The van der Waals surface area contributed by atoms with E-state index in [-0.39, 0.29) is 6.04 Å². The van der Waals surface area contributed by atoms with Crippen LogP contribution in [-0.2, 0) is 4.74 Å². The summed E-state index contributed by atoms with van der Waals surface area (Å²) < 4.78 is 5.13. The molecule has 2 N–H and O–H groups in total. The second-order valence-corrected chi connectivity index (χ2v) is 4.15. The molecule has 1 atom stereocenters. The van der Waals surface area contributed by atoms with E-state index in [2.05, 4.69) is 48.1 Å². The number of aryl methyl sites for hydroxylation is 1. The summed E-state index contributed by atoms with van der Waals surface area (Å²) in [5, 5.41) is 0. The van der Waals surface area contributed by atoms with Gasteiger partial charge in [0.2, 0.25) is 0 Å². The molecule has 0 spiro atoms. The second-order valence-electron chi connectivity index (χ2n) is 4.15. The summed E-state index contributed by atoms with van der Waals surface area (Å²) in [7, 11) is 2.05. The number of amidine groups is 1. The van der Waals surface area contributed by atoms with Crippen LogP contribution < -0.4 is 10.6 Å². The van der Waals surface area contributed by atoms with Crippen molar-refractivity contribution in [1.29, 1.82) is 0 Å². The molecule has 0 saturated heterocycles. The van der Waals surface area contributed by atoms with Gasteiger partial charge in [0, 0.05) is 19.3 Å². The van der Waals surface area contributed by atoms with Crippen molar-refractivity contribution in [2.24, 2.45) is 10.7 Å². The Morgan fingerprint density at radius 3 is 3.00 bits per heavy atom. The van der Waals surface area contributed by atoms with Crippen LogP contribution in [0.5, 0.6) is 0 Å². The van der Waals surface area contributed by atoms with Crippen LogP contribution in [0, 0.1) is 6.92 Å². The zero-order valence-electron chi connectivity index (χ0n) is 9.68. The fourth-order valence-corrected chi connectivity index (χ4v) is 1.82. The van der Waals surface area contributed by atoms with Crippen LogP contribution >= 0.6 is 0 Å². The predicted octanol–water partition coefficient (Wildman–Crippen LogP) is 1.14. The van der Waals surface area contributed by atoms with Gasteiger partial charge in [-0.3, -0.25) is 0 Å². The highest BCUT2D eigenvalue weighted by molar-refractivity contribution is 5.73. The molecule has 1 heterocycles. The molecule has 2 rings (SSSR count). The van der Waals surface area contributed by atoms with E-state index in [0.717, 1.165) is 6.54 Å². The third kappa shape index (κ3) is 2.45. The summed E-state index contributed by atoms with van der Waals surface area (Å²) in [6, 6.07) is 8.85. The van der Waals surface area contributed by atoms with E-state index in [1.807, 2.05) is 0 Å². The highest BCUT2D eigenvalue weighted by Gasteiger charge is 2.18. The Bertz CT molecular complexity index is 403. The van der Waals surface area contributed by atoms with E-state index in [1.165, 1.54) is 11.3 Å². The van der Waals surface area contributed by atoms with E-state index in [9.17, 15) is 0 Å². The van der Waals surface area contributed by atoms with Gasteiger partial charge in [0.25, 0.3) is 6.02 Å². The summed E-state index contributed by atoms with van der Waals surface area (Å²) in [6.45, 7) is 3.50. The first-order valence-electron chi connectivity index (χ1n) is 5.39. The molecule has 0 amide bonds. The number of hydrogen-bond acceptors (Lipinski definition) is 4. The van der Waals surface area contributed by atoms with Gasteiger partial charge in [0.05, 0.1) is 0 Å². The highest BCUT2D eigenvalue weighted by atomic mass is 16.5. The van der Waals surface area contributed by atoms with Crippen LogP contribution in [0.2, 0.25) is 0 Å². The smallest absolute Gasteiger partial charge is 0.282 e. The molecule has 4 nitrogen and oxygen atoms in total. The van der Waals surface area contributed by atoms with Gasteiger partial charge < -0.3 is 15.4 Å². The van der Waals surface area contributed by atoms with Crippen LogP contribution in [0.3, 0.4) is 0 Å². The van der Waals surface area contributed by atoms with E-state index >= 15 is 0 Å². The van der Waals surface area contributed by atoms with Gasteiger partial charge in [-0.15, -0.1) is 0 Å². The van der Waals surface area contributed by atoms with Crippen molar-refractivity contribution < 1.29 is 4.74 Å². The number of likely N-dealkylation sites (N-methyl/N-ethyl adjacent to an activating group) is 1. The second kappa shape index (κ2) is 4.43. The molecule has 1 aromatic rings. The number of benzene rings is 1. The van der Waals surface area contributed by atoms with Crippen molar-refractivity contribution in [3.8, 4) is 0 Å². The predicted molar refractivity (Wildman–Crippen MR) is 65.8 cm³/mol. The zero-order chi connectivity index (χ0) is 11.5. The van der Waals surface area contributed by atoms with Gasteiger partial charge >= 0.3 is 0 Å². The molecule has 1 aromatic carbocycles. The third-order valence-corrected chi connectivity index (χ3v) is 2.66. The average molecular weight is 219 g/mol. The molecule has 1 aliphatic rings. The summed E-state index contributed by atoms with van der Waals surface area (Å²) >= 11 is 0. The normalized spacial score (nSPS) is 19.1. The van der Waals surface area contributed by atoms with Crippen molar-refractivity contribution in [1.82, 2.24) is 0 Å². The lowest BCUT2D eigenvalue weighted by Crippen LogP contribution is -2.28. The van der Waals surface area contributed by atoms with Crippen molar-refractivity contribution >= 4 is 11.7 Å².